The minimum atomic E-state index is 0.0251. The number of Topliss-reactive ketones (excluding diaryl/α,β-unsaturated/α-hetero) is 1. The minimum absolute atomic E-state index is 0.0251. The third-order valence-electron chi connectivity index (χ3n) is 3.19. The van der Waals surface area contributed by atoms with Gasteiger partial charge in [0, 0.05) is 18.6 Å². The second-order valence-corrected chi connectivity index (χ2v) is 4.57. The van der Waals surface area contributed by atoms with Crippen molar-refractivity contribution in [2.45, 2.75) is 13.5 Å². The molecule has 0 radical (unpaired) electrons. The van der Waals surface area contributed by atoms with Gasteiger partial charge in [-0.05, 0) is 13.0 Å². The van der Waals surface area contributed by atoms with E-state index in [-0.39, 0.29) is 5.78 Å². The van der Waals surface area contributed by atoms with Crippen molar-refractivity contribution >= 4 is 16.7 Å². The SMILES string of the molecule is CC(=O)c1cnn(Cc2nn(C)c3ccccc23)c1. The molecule has 2 heterocycles. The first kappa shape index (κ1) is 11.6. The largest absolute Gasteiger partial charge is 0.294 e. The van der Waals surface area contributed by atoms with Gasteiger partial charge >= 0.3 is 0 Å². The topological polar surface area (TPSA) is 52.7 Å². The summed E-state index contributed by atoms with van der Waals surface area (Å²) in [4.78, 5) is 11.3. The maximum atomic E-state index is 11.3. The molecule has 0 fully saturated rings. The molecule has 0 aliphatic rings. The lowest BCUT2D eigenvalue weighted by atomic mass is 10.2. The average molecular weight is 254 g/mol. The molecule has 0 amide bonds. The van der Waals surface area contributed by atoms with E-state index >= 15 is 0 Å². The molecule has 1 aromatic carbocycles. The first-order chi connectivity index (χ1) is 9.15. The lowest BCUT2D eigenvalue weighted by molar-refractivity contribution is 0.101. The van der Waals surface area contributed by atoms with E-state index < -0.39 is 0 Å². The molecule has 0 bridgehead atoms. The number of ketones is 1. The Morgan fingerprint density at radius 3 is 2.84 bits per heavy atom. The van der Waals surface area contributed by atoms with Gasteiger partial charge in [0.1, 0.15) is 0 Å². The molecule has 19 heavy (non-hydrogen) atoms. The molecule has 96 valence electrons. The van der Waals surface area contributed by atoms with Crippen molar-refractivity contribution in [2.24, 2.45) is 7.05 Å². The number of carbonyl (C=O) groups excluding carboxylic acids is 1. The van der Waals surface area contributed by atoms with E-state index in [9.17, 15) is 4.79 Å². The van der Waals surface area contributed by atoms with Gasteiger partial charge in [0.2, 0.25) is 0 Å². The zero-order valence-corrected chi connectivity index (χ0v) is 10.9. The molecular formula is C14H14N4O. The second-order valence-electron chi connectivity index (χ2n) is 4.57. The van der Waals surface area contributed by atoms with Crippen LogP contribution in [0.25, 0.3) is 10.9 Å². The van der Waals surface area contributed by atoms with E-state index in [1.54, 1.807) is 17.1 Å². The Morgan fingerprint density at radius 1 is 1.32 bits per heavy atom. The quantitative estimate of drug-likeness (QED) is 0.672. The van der Waals surface area contributed by atoms with E-state index in [0.717, 1.165) is 16.6 Å². The number of rotatable bonds is 3. The van der Waals surface area contributed by atoms with E-state index in [4.69, 9.17) is 0 Å². The number of benzene rings is 1. The summed E-state index contributed by atoms with van der Waals surface area (Å²) in [6, 6.07) is 8.08. The van der Waals surface area contributed by atoms with Crippen LogP contribution in [0, 0.1) is 0 Å². The highest BCUT2D eigenvalue weighted by atomic mass is 16.1. The van der Waals surface area contributed by atoms with Crippen LogP contribution in [0.15, 0.2) is 36.7 Å². The summed E-state index contributed by atoms with van der Waals surface area (Å²) in [5.41, 5.74) is 2.67. The number of hydrogen-bond donors (Lipinski definition) is 0. The maximum Gasteiger partial charge on any atom is 0.162 e. The predicted molar refractivity (Wildman–Crippen MR) is 72.0 cm³/mol. The fraction of sp³-hybridized carbons (Fsp3) is 0.214. The monoisotopic (exact) mass is 254 g/mol. The first-order valence-corrected chi connectivity index (χ1v) is 6.09. The highest BCUT2D eigenvalue weighted by molar-refractivity contribution is 5.93. The molecule has 0 saturated heterocycles. The number of aryl methyl sites for hydroxylation is 1. The molecule has 3 aromatic rings. The third kappa shape index (κ3) is 2.03. The van der Waals surface area contributed by atoms with Crippen molar-refractivity contribution < 1.29 is 4.79 Å². The Bertz CT molecular complexity index is 754. The molecule has 0 unspecified atom stereocenters. The van der Waals surface area contributed by atoms with Crippen LogP contribution in [0.3, 0.4) is 0 Å². The molecule has 0 N–H and O–H groups in total. The Balaban J connectivity index is 1.98. The molecule has 0 aliphatic carbocycles. The van der Waals surface area contributed by atoms with E-state index in [1.807, 2.05) is 36.0 Å². The number of nitrogens with zero attached hydrogens (tertiary/aromatic N) is 4. The summed E-state index contributed by atoms with van der Waals surface area (Å²) >= 11 is 0. The van der Waals surface area contributed by atoms with Crippen LogP contribution in [0.2, 0.25) is 0 Å². The van der Waals surface area contributed by atoms with Gasteiger partial charge < -0.3 is 0 Å². The summed E-state index contributed by atoms with van der Waals surface area (Å²) in [7, 11) is 1.93. The van der Waals surface area contributed by atoms with Crippen molar-refractivity contribution in [3.05, 3.63) is 47.9 Å². The van der Waals surface area contributed by atoms with Gasteiger partial charge in [-0.15, -0.1) is 0 Å². The lowest BCUT2D eigenvalue weighted by Gasteiger charge is -1.98. The van der Waals surface area contributed by atoms with E-state index in [2.05, 4.69) is 10.2 Å². The maximum absolute atomic E-state index is 11.3. The Hall–Kier alpha value is -2.43. The summed E-state index contributed by atoms with van der Waals surface area (Å²) in [6.45, 7) is 2.10. The molecule has 0 saturated carbocycles. The van der Waals surface area contributed by atoms with Gasteiger partial charge in [0.25, 0.3) is 0 Å². The van der Waals surface area contributed by atoms with Crippen molar-refractivity contribution in [1.82, 2.24) is 19.6 Å². The summed E-state index contributed by atoms with van der Waals surface area (Å²) in [5, 5.41) is 9.82. The lowest BCUT2D eigenvalue weighted by Crippen LogP contribution is -2.02. The summed E-state index contributed by atoms with van der Waals surface area (Å²) in [5.74, 6) is 0.0251. The Morgan fingerprint density at radius 2 is 2.11 bits per heavy atom. The van der Waals surface area contributed by atoms with Gasteiger partial charge in [0.15, 0.2) is 5.78 Å². The van der Waals surface area contributed by atoms with E-state index in [1.165, 1.54) is 6.92 Å². The zero-order valence-electron chi connectivity index (χ0n) is 10.9. The molecule has 2 aromatic heterocycles. The van der Waals surface area contributed by atoms with Gasteiger partial charge in [-0.1, -0.05) is 18.2 Å². The van der Waals surface area contributed by atoms with Crippen LogP contribution in [-0.2, 0) is 13.6 Å². The molecule has 3 rings (SSSR count). The Kier molecular flexibility index (Phi) is 2.67. The van der Waals surface area contributed by atoms with Crippen LogP contribution in [0.4, 0.5) is 0 Å². The number of fused-ring (bicyclic) bond motifs is 1. The van der Waals surface area contributed by atoms with Crippen LogP contribution < -0.4 is 0 Å². The number of para-hydroxylation sites is 1. The highest BCUT2D eigenvalue weighted by Gasteiger charge is 2.10. The highest BCUT2D eigenvalue weighted by Crippen LogP contribution is 2.18. The Labute approximate surface area is 110 Å². The number of aromatic nitrogens is 4. The minimum Gasteiger partial charge on any atom is -0.294 e. The zero-order chi connectivity index (χ0) is 13.4. The smallest absolute Gasteiger partial charge is 0.162 e. The molecule has 5 heteroatoms. The predicted octanol–water partition coefficient (Wildman–Crippen LogP) is 2.02. The number of carbonyl (C=O) groups is 1. The van der Waals surface area contributed by atoms with Crippen molar-refractivity contribution in [3.8, 4) is 0 Å². The third-order valence-corrected chi connectivity index (χ3v) is 3.19. The fourth-order valence-electron chi connectivity index (χ4n) is 2.19. The van der Waals surface area contributed by atoms with Crippen molar-refractivity contribution in [1.29, 1.82) is 0 Å². The van der Waals surface area contributed by atoms with Crippen LogP contribution >= 0.6 is 0 Å². The molecule has 0 aliphatic heterocycles. The van der Waals surface area contributed by atoms with Crippen LogP contribution in [0.5, 0.6) is 0 Å². The summed E-state index contributed by atoms with van der Waals surface area (Å²) in [6.07, 6.45) is 3.35. The first-order valence-electron chi connectivity index (χ1n) is 6.09. The van der Waals surface area contributed by atoms with Gasteiger partial charge in [-0.3, -0.25) is 14.2 Å². The molecule has 0 spiro atoms. The fourth-order valence-corrected chi connectivity index (χ4v) is 2.19. The molecule has 0 atom stereocenters. The molecule has 5 nitrogen and oxygen atoms in total. The van der Waals surface area contributed by atoms with Crippen LogP contribution in [-0.4, -0.2) is 25.3 Å². The standard InChI is InChI=1S/C14H14N4O/c1-10(19)11-7-15-18(8-11)9-13-12-5-3-4-6-14(12)17(2)16-13/h3-8H,9H2,1-2H3. The second kappa shape index (κ2) is 4.35. The molecular weight excluding hydrogens is 240 g/mol. The van der Waals surface area contributed by atoms with Gasteiger partial charge in [-0.25, -0.2) is 0 Å². The number of hydrogen-bond acceptors (Lipinski definition) is 3. The van der Waals surface area contributed by atoms with Gasteiger partial charge in [-0.2, -0.15) is 10.2 Å². The van der Waals surface area contributed by atoms with Crippen molar-refractivity contribution in [3.63, 3.8) is 0 Å². The normalized spacial score (nSPS) is 11.1. The van der Waals surface area contributed by atoms with Crippen LogP contribution in [0.1, 0.15) is 23.0 Å². The van der Waals surface area contributed by atoms with Crippen molar-refractivity contribution in [2.75, 3.05) is 0 Å². The average Bonchev–Trinajstić information content (AvgIpc) is 2.97. The van der Waals surface area contributed by atoms with Gasteiger partial charge in [0.05, 0.1) is 29.5 Å². The summed E-state index contributed by atoms with van der Waals surface area (Å²) < 4.78 is 3.60. The van der Waals surface area contributed by atoms with E-state index in [0.29, 0.717) is 12.1 Å².